The van der Waals surface area contributed by atoms with Crippen molar-refractivity contribution < 1.29 is 40.3 Å². The Morgan fingerprint density at radius 3 is 2.52 bits per heavy atom. The molecule has 2 N–H and O–H groups in total. The predicted octanol–water partition coefficient (Wildman–Crippen LogP) is 6.65. The number of carbonyl (C=O) groups excluding carboxylic acids is 2. The highest BCUT2D eigenvalue weighted by Gasteiger charge is 2.38. The number of aryl methyl sites for hydroxylation is 1. The number of carbonyl (C=O) groups is 2. The number of alkyl halides is 5. The maximum absolute atomic E-state index is 14.2. The van der Waals surface area contributed by atoms with E-state index in [0.29, 0.717) is 12.1 Å². The third kappa shape index (κ3) is 4.85. The van der Waals surface area contributed by atoms with E-state index in [0.717, 1.165) is 16.8 Å². The van der Waals surface area contributed by atoms with E-state index in [1.165, 1.54) is 19.1 Å². The highest BCUT2D eigenvalue weighted by Crippen LogP contribution is 2.44. The van der Waals surface area contributed by atoms with Crippen LogP contribution >= 0.6 is 11.6 Å². The molecule has 14 heteroatoms. The van der Waals surface area contributed by atoms with Gasteiger partial charge in [0.2, 0.25) is 0 Å². The third-order valence-corrected chi connectivity index (χ3v) is 6.71. The number of nitrogens with one attached hydrogen (secondary N) is 2. The van der Waals surface area contributed by atoms with Gasteiger partial charge in [0.1, 0.15) is 18.2 Å². The molecule has 1 aliphatic rings. The van der Waals surface area contributed by atoms with Crippen LogP contribution in [-0.4, -0.2) is 28.0 Å². The average Bonchev–Trinajstić information content (AvgIpc) is 3.35. The maximum Gasteiger partial charge on any atom is 0.416 e. The minimum absolute atomic E-state index is 0.0169. The Labute approximate surface area is 225 Å². The number of benzene rings is 3. The molecule has 4 aromatic rings. The monoisotopic (exact) mass is 584 g/mol. The number of amides is 2. The summed E-state index contributed by atoms with van der Waals surface area (Å²) in [6.45, 7) is 0.611. The maximum atomic E-state index is 14.2. The highest BCUT2D eigenvalue weighted by molar-refractivity contribution is 6.31. The van der Waals surface area contributed by atoms with Gasteiger partial charge in [0, 0.05) is 32.8 Å². The molecule has 1 aromatic heterocycles. The number of hydrogen-bond acceptors (Lipinski definition) is 3. The van der Waals surface area contributed by atoms with Crippen LogP contribution in [0.15, 0.2) is 42.5 Å². The Bertz CT molecular complexity index is 1700. The SMILES string of the molecule is Cc1nn(CC(F)F)c2cc(NC(=O)c3cc(F)cc(C(F)(F)F)c3)c3c(c12)C(=O)N[C@H]3c1cc(F)ccc1Cl. The van der Waals surface area contributed by atoms with Crippen molar-refractivity contribution in [3.8, 4) is 0 Å². The summed E-state index contributed by atoms with van der Waals surface area (Å²) in [6.07, 6.45) is -7.79. The van der Waals surface area contributed by atoms with E-state index in [2.05, 4.69) is 15.7 Å². The lowest BCUT2D eigenvalue weighted by Crippen LogP contribution is -2.21. The van der Waals surface area contributed by atoms with Crippen molar-refractivity contribution in [1.29, 1.82) is 0 Å². The first-order valence-corrected chi connectivity index (χ1v) is 11.9. The molecule has 0 aliphatic carbocycles. The van der Waals surface area contributed by atoms with Gasteiger partial charge in [-0.2, -0.15) is 18.3 Å². The van der Waals surface area contributed by atoms with Crippen molar-refractivity contribution >= 4 is 40.0 Å². The Kier molecular flexibility index (Phi) is 6.73. The van der Waals surface area contributed by atoms with Gasteiger partial charge in [-0.25, -0.2) is 17.6 Å². The highest BCUT2D eigenvalue weighted by atomic mass is 35.5. The number of rotatable bonds is 5. The summed E-state index contributed by atoms with van der Waals surface area (Å²) in [6, 6.07) is 4.68. The summed E-state index contributed by atoms with van der Waals surface area (Å²) in [5.74, 6) is -3.93. The number of halogens is 8. The van der Waals surface area contributed by atoms with Crippen LogP contribution in [0.1, 0.15) is 49.1 Å². The molecular weight excluding hydrogens is 569 g/mol. The molecule has 5 rings (SSSR count). The van der Waals surface area contributed by atoms with E-state index >= 15 is 0 Å². The van der Waals surface area contributed by atoms with E-state index in [1.54, 1.807) is 0 Å². The molecule has 0 radical (unpaired) electrons. The van der Waals surface area contributed by atoms with Crippen LogP contribution in [0.25, 0.3) is 10.9 Å². The van der Waals surface area contributed by atoms with Crippen LogP contribution < -0.4 is 10.6 Å². The minimum atomic E-state index is -4.95. The number of anilines is 1. The molecule has 2 amide bonds. The fourth-order valence-electron chi connectivity index (χ4n) is 4.77. The molecule has 3 aromatic carbocycles. The van der Waals surface area contributed by atoms with Crippen molar-refractivity contribution in [2.24, 2.45) is 0 Å². The van der Waals surface area contributed by atoms with Crippen molar-refractivity contribution in [2.75, 3.05) is 5.32 Å². The third-order valence-electron chi connectivity index (χ3n) is 6.36. The fourth-order valence-corrected chi connectivity index (χ4v) is 5.00. The standard InChI is InChI=1S/C26H16ClF7N4O2/c1-10-20-18(38(37-10)9-19(30)31)8-17(35-24(39)11-4-12(26(32,33)34)6-14(29)5-11)21-22(20)25(40)36-23(21)15-7-13(28)2-3-16(15)27/h2-8,19,23H,9H2,1H3,(H,35,39)(H,36,40)/t23-/m0/s1. The van der Waals surface area contributed by atoms with Crippen molar-refractivity contribution in [2.45, 2.75) is 32.1 Å². The molecular formula is C26H16ClF7N4O2. The normalized spacial score (nSPS) is 15.1. The molecule has 6 nitrogen and oxygen atoms in total. The zero-order valence-electron chi connectivity index (χ0n) is 20.1. The number of aromatic nitrogens is 2. The topological polar surface area (TPSA) is 76.0 Å². The molecule has 0 fully saturated rings. The summed E-state index contributed by atoms with van der Waals surface area (Å²) in [5, 5.41) is 9.30. The Hall–Kier alpha value is -4.13. The van der Waals surface area contributed by atoms with E-state index in [-0.39, 0.29) is 50.1 Å². The summed E-state index contributed by atoms with van der Waals surface area (Å²) in [5.41, 5.74) is -2.03. The average molecular weight is 585 g/mol. The second-order valence-electron chi connectivity index (χ2n) is 9.02. The number of nitrogens with zero attached hydrogens (tertiary/aromatic N) is 2. The molecule has 40 heavy (non-hydrogen) atoms. The lowest BCUT2D eigenvalue weighted by atomic mass is 9.93. The Morgan fingerprint density at radius 1 is 1.12 bits per heavy atom. The second-order valence-corrected chi connectivity index (χ2v) is 9.43. The van der Waals surface area contributed by atoms with Crippen LogP contribution in [0.4, 0.5) is 36.4 Å². The molecule has 0 unspecified atom stereocenters. The zero-order valence-corrected chi connectivity index (χ0v) is 20.9. The smallest absolute Gasteiger partial charge is 0.341 e. The molecule has 1 aliphatic heterocycles. The van der Waals surface area contributed by atoms with E-state index in [1.807, 2.05) is 0 Å². The minimum Gasteiger partial charge on any atom is -0.341 e. The molecule has 0 bridgehead atoms. The van der Waals surface area contributed by atoms with Crippen LogP contribution in [0, 0.1) is 18.6 Å². The zero-order chi connectivity index (χ0) is 29.1. The van der Waals surface area contributed by atoms with E-state index in [4.69, 9.17) is 11.6 Å². The van der Waals surface area contributed by atoms with Crippen LogP contribution in [0.5, 0.6) is 0 Å². The van der Waals surface area contributed by atoms with Gasteiger partial charge < -0.3 is 10.6 Å². The first-order chi connectivity index (χ1) is 18.7. The molecule has 0 saturated heterocycles. The van der Waals surface area contributed by atoms with Gasteiger partial charge in [-0.15, -0.1) is 0 Å². The van der Waals surface area contributed by atoms with Gasteiger partial charge >= 0.3 is 6.18 Å². The van der Waals surface area contributed by atoms with Crippen LogP contribution in [0.2, 0.25) is 5.02 Å². The van der Waals surface area contributed by atoms with Crippen LogP contribution in [0.3, 0.4) is 0 Å². The Balaban J connectivity index is 1.73. The Morgan fingerprint density at radius 2 is 1.85 bits per heavy atom. The van der Waals surface area contributed by atoms with Gasteiger partial charge in [-0.05, 0) is 49.4 Å². The molecule has 0 spiro atoms. The van der Waals surface area contributed by atoms with Crippen molar-refractivity contribution in [1.82, 2.24) is 15.1 Å². The van der Waals surface area contributed by atoms with Crippen LogP contribution in [-0.2, 0) is 12.7 Å². The van der Waals surface area contributed by atoms with Gasteiger partial charge in [0.05, 0.1) is 28.4 Å². The molecule has 0 saturated carbocycles. The quantitative estimate of drug-likeness (QED) is 0.258. The first kappa shape index (κ1) is 27.4. The molecule has 208 valence electrons. The van der Waals surface area contributed by atoms with E-state index in [9.17, 15) is 40.3 Å². The number of fused-ring (bicyclic) bond motifs is 3. The van der Waals surface area contributed by atoms with E-state index < -0.39 is 59.8 Å². The second kappa shape index (κ2) is 9.81. The molecule has 2 heterocycles. The summed E-state index contributed by atoms with van der Waals surface area (Å²) < 4.78 is 95.4. The van der Waals surface area contributed by atoms with Gasteiger partial charge in [0.15, 0.2) is 0 Å². The van der Waals surface area contributed by atoms with Gasteiger partial charge in [0.25, 0.3) is 18.2 Å². The fraction of sp³-hybridized carbons (Fsp3) is 0.192. The first-order valence-electron chi connectivity index (χ1n) is 11.5. The lowest BCUT2D eigenvalue weighted by Gasteiger charge is -2.19. The predicted molar refractivity (Wildman–Crippen MR) is 131 cm³/mol. The van der Waals surface area contributed by atoms with Gasteiger partial charge in [-0.3, -0.25) is 14.3 Å². The largest absolute Gasteiger partial charge is 0.416 e. The number of hydrogen-bond donors (Lipinski definition) is 2. The summed E-state index contributed by atoms with van der Waals surface area (Å²) in [4.78, 5) is 26.3. The van der Waals surface area contributed by atoms with Crippen molar-refractivity contribution in [3.63, 3.8) is 0 Å². The van der Waals surface area contributed by atoms with Gasteiger partial charge in [-0.1, -0.05) is 11.6 Å². The summed E-state index contributed by atoms with van der Waals surface area (Å²) in [7, 11) is 0. The lowest BCUT2D eigenvalue weighted by molar-refractivity contribution is -0.137. The molecule has 1 atom stereocenters. The summed E-state index contributed by atoms with van der Waals surface area (Å²) >= 11 is 6.28. The van der Waals surface area contributed by atoms with Crippen molar-refractivity contribution in [3.05, 3.63) is 92.6 Å².